The van der Waals surface area contributed by atoms with Crippen LogP contribution in [0.2, 0.25) is 0 Å². The van der Waals surface area contributed by atoms with E-state index in [4.69, 9.17) is 14.6 Å². The molecule has 110 valence electrons. The third-order valence-electron chi connectivity index (χ3n) is 3.42. The van der Waals surface area contributed by atoms with E-state index in [1.54, 1.807) is 6.20 Å². The van der Waals surface area contributed by atoms with E-state index in [0.717, 1.165) is 16.8 Å². The number of rotatable bonds is 3. The molecule has 0 aliphatic carbocycles. The molecule has 2 heterocycles. The quantitative estimate of drug-likeness (QED) is 0.849. The molecule has 1 aliphatic rings. The monoisotopic (exact) mass is 288 g/mol. The van der Waals surface area contributed by atoms with Crippen LogP contribution in [0.4, 0.5) is 10.5 Å². The van der Waals surface area contributed by atoms with Crippen molar-refractivity contribution in [2.24, 2.45) is 0 Å². The number of nitrogens with zero attached hydrogens (tertiary/aromatic N) is 1. The summed E-state index contributed by atoms with van der Waals surface area (Å²) in [6, 6.07) is 9.81. The first-order chi connectivity index (χ1) is 10.3. The molecule has 6 nitrogen and oxygen atoms in total. The highest BCUT2D eigenvalue weighted by Gasteiger charge is 2.23. The van der Waals surface area contributed by atoms with Crippen LogP contribution >= 0.6 is 0 Å². The van der Waals surface area contributed by atoms with Crippen LogP contribution in [0.3, 0.4) is 0 Å². The average molecular weight is 288 g/mol. The molecule has 1 saturated heterocycles. The minimum atomic E-state index is -1.33. The van der Waals surface area contributed by atoms with E-state index in [9.17, 15) is 4.79 Å². The van der Waals surface area contributed by atoms with Crippen LogP contribution in [0.25, 0.3) is 11.1 Å². The van der Waals surface area contributed by atoms with Crippen molar-refractivity contribution in [2.75, 3.05) is 31.2 Å². The number of aromatic amines is 1. The normalized spacial score (nSPS) is 15.0. The predicted octanol–water partition coefficient (Wildman–Crippen LogP) is 2.58. The van der Waals surface area contributed by atoms with Gasteiger partial charge in [-0.15, -0.1) is 0 Å². The van der Waals surface area contributed by atoms with Crippen molar-refractivity contribution in [3.63, 3.8) is 0 Å². The fraction of sp³-hybridized carbons (Fsp3) is 0.267. The number of aromatic nitrogens is 1. The average Bonchev–Trinajstić information content (AvgIpc) is 2.92. The highest BCUT2D eigenvalue weighted by Crippen LogP contribution is 2.39. The summed E-state index contributed by atoms with van der Waals surface area (Å²) in [6.45, 7) is 2.64. The smallest absolute Gasteiger partial charge is 0.449 e. The molecule has 21 heavy (non-hydrogen) atoms. The standard InChI is InChI=1S/C15H16N2O4/c18-15(19)21-14-13(17-6-8-20-9-7-17)12(10-16-14)11-4-2-1-3-5-11/h1-5,10,16H,6-9H2,(H,18,19). The lowest BCUT2D eigenvalue weighted by Gasteiger charge is -2.29. The molecular weight excluding hydrogens is 272 g/mol. The van der Waals surface area contributed by atoms with Crippen molar-refractivity contribution in [3.05, 3.63) is 36.5 Å². The molecule has 0 amide bonds. The Bertz CT molecular complexity index is 618. The number of ether oxygens (including phenoxy) is 2. The predicted molar refractivity (Wildman–Crippen MR) is 77.9 cm³/mol. The van der Waals surface area contributed by atoms with E-state index < -0.39 is 6.16 Å². The van der Waals surface area contributed by atoms with Crippen LogP contribution in [-0.4, -0.2) is 42.5 Å². The summed E-state index contributed by atoms with van der Waals surface area (Å²) in [5.74, 6) is 0.253. The van der Waals surface area contributed by atoms with Crippen molar-refractivity contribution in [1.29, 1.82) is 0 Å². The van der Waals surface area contributed by atoms with Gasteiger partial charge < -0.3 is 24.5 Å². The first kappa shape index (κ1) is 13.5. The third kappa shape index (κ3) is 2.85. The molecule has 6 heteroatoms. The maximum absolute atomic E-state index is 10.9. The van der Waals surface area contributed by atoms with Gasteiger partial charge in [-0.1, -0.05) is 30.3 Å². The fourth-order valence-electron chi connectivity index (χ4n) is 2.50. The highest BCUT2D eigenvalue weighted by molar-refractivity contribution is 5.84. The zero-order valence-electron chi connectivity index (χ0n) is 11.4. The molecule has 2 N–H and O–H groups in total. The molecule has 1 aromatic carbocycles. The zero-order valence-corrected chi connectivity index (χ0v) is 11.4. The van der Waals surface area contributed by atoms with Gasteiger partial charge in [0.15, 0.2) is 0 Å². The van der Waals surface area contributed by atoms with Gasteiger partial charge in [0.25, 0.3) is 0 Å². The summed E-state index contributed by atoms with van der Waals surface area (Å²) in [7, 11) is 0. The second-order valence-corrected chi connectivity index (χ2v) is 4.71. The molecule has 2 aromatic rings. The minimum Gasteiger partial charge on any atom is -0.449 e. The number of anilines is 1. The topological polar surface area (TPSA) is 74.8 Å². The second kappa shape index (κ2) is 5.88. The van der Waals surface area contributed by atoms with Crippen LogP contribution in [0, 0.1) is 0 Å². The van der Waals surface area contributed by atoms with Gasteiger partial charge in [0.2, 0.25) is 5.88 Å². The van der Waals surface area contributed by atoms with E-state index in [0.29, 0.717) is 26.3 Å². The Hall–Kier alpha value is -2.47. The molecule has 0 bridgehead atoms. The number of carbonyl (C=O) groups is 1. The van der Waals surface area contributed by atoms with Crippen LogP contribution < -0.4 is 9.64 Å². The number of hydrogen-bond donors (Lipinski definition) is 2. The van der Waals surface area contributed by atoms with Gasteiger partial charge in [0, 0.05) is 24.8 Å². The lowest BCUT2D eigenvalue weighted by Crippen LogP contribution is -2.36. The summed E-state index contributed by atoms with van der Waals surface area (Å²) < 4.78 is 10.2. The molecule has 0 atom stereocenters. The second-order valence-electron chi connectivity index (χ2n) is 4.71. The fourth-order valence-corrected chi connectivity index (χ4v) is 2.50. The van der Waals surface area contributed by atoms with Gasteiger partial charge in [0.05, 0.1) is 13.2 Å². The summed E-state index contributed by atoms with van der Waals surface area (Å²) in [5.41, 5.74) is 2.70. The summed E-state index contributed by atoms with van der Waals surface area (Å²) in [5, 5.41) is 8.88. The van der Waals surface area contributed by atoms with Crippen LogP contribution in [0.15, 0.2) is 36.5 Å². The Kier molecular flexibility index (Phi) is 3.79. The van der Waals surface area contributed by atoms with Crippen LogP contribution in [0.5, 0.6) is 5.88 Å². The van der Waals surface area contributed by atoms with Gasteiger partial charge in [0.1, 0.15) is 5.69 Å². The molecule has 1 fully saturated rings. The van der Waals surface area contributed by atoms with Gasteiger partial charge in [-0.2, -0.15) is 0 Å². The van der Waals surface area contributed by atoms with Gasteiger partial charge in [-0.3, -0.25) is 0 Å². The van der Waals surface area contributed by atoms with Crippen LogP contribution in [-0.2, 0) is 4.74 Å². The first-order valence-electron chi connectivity index (χ1n) is 6.76. The van der Waals surface area contributed by atoms with E-state index >= 15 is 0 Å². The van der Waals surface area contributed by atoms with E-state index in [1.807, 2.05) is 30.3 Å². The molecule has 1 aliphatic heterocycles. The summed E-state index contributed by atoms with van der Waals surface area (Å²) in [6.07, 6.45) is 0.448. The molecule has 0 radical (unpaired) electrons. The summed E-state index contributed by atoms with van der Waals surface area (Å²) >= 11 is 0. The van der Waals surface area contributed by atoms with Crippen molar-refractivity contribution in [3.8, 4) is 17.0 Å². The number of morpholine rings is 1. The van der Waals surface area contributed by atoms with Crippen molar-refractivity contribution >= 4 is 11.8 Å². The minimum absolute atomic E-state index is 0.253. The largest absolute Gasteiger partial charge is 0.512 e. The van der Waals surface area contributed by atoms with Gasteiger partial charge >= 0.3 is 6.16 Å². The van der Waals surface area contributed by atoms with E-state index in [-0.39, 0.29) is 5.88 Å². The van der Waals surface area contributed by atoms with Gasteiger partial charge in [-0.05, 0) is 5.56 Å². The van der Waals surface area contributed by atoms with Crippen molar-refractivity contribution < 1.29 is 19.4 Å². The van der Waals surface area contributed by atoms with Crippen LogP contribution in [0.1, 0.15) is 0 Å². The maximum Gasteiger partial charge on any atom is 0.512 e. The van der Waals surface area contributed by atoms with E-state index in [2.05, 4.69) is 9.88 Å². The van der Waals surface area contributed by atoms with Crippen molar-refractivity contribution in [2.45, 2.75) is 0 Å². The molecule has 0 unspecified atom stereocenters. The number of H-pyrrole nitrogens is 1. The number of carboxylic acid groups (broad SMARTS) is 1. The maximum atomic E-state index is 10.9. The molecule has 1 aromatic heterocycles. The summed E-state index contributed by atoms with van der Waals surface area (Å²) in [4.78, 5) is 15.9. The molecule has 0 saturated carbocycles. The highest BCUT2D eigenvalue weighted by atomic mass is 16.7. The lowest BCUT2D eigenvalue weighted by molar-refractivity contribution is 0.122. The SMILES string of the molecule is O=C(O)Oc1[nH]cc(-c2ccccc2)c1N1CCOCC1. The molecular formula is C15H16N2O4. The Labute approximate surface area is 121 Å². The Morgan fingerprint density at radius 2 is 1.95 bits per heavy atom. The van der Waals surface area contributed by atoms with Crippen molar-refractivity contribution in [1.82, 2.24) is 4.98 Å². The first-order valence-corrected chi connectivity index (χ1v) is 6.76. The number of hydrogen-bond acceptors (Lipinski definition) is 4. The number of benzene rings is 1. The Balaban J connectivity index is 2.03. The number of nitrogens with one attached hydrogen (secondary N) is 1. The lowest BCUT2D eigenvalue weighted by atomic mass is 10.1. The Morgan fingerprint density at radius 1 is 1.24 bits per heavy atom. The Morgan fingerprint density at radius 3 is 2.62 bits per heavy atom. The molecule has 3 rings (SSSR count). The van der Waals surface area contributed by atoms with E-state index in [1.165, 1.54) is 0 Å². The zero-order chi connectivity index (χ0) is 14.7. The third-order valence-corrected chi connectivity index (χ3v) is 3.42. The molecule has 0 spiro atoms. The van der Waals surface area contributed by atoms with Gasteiger partial charge in [-0.25, -0.2) is 4.79 Å².